The Bertz CT molecular complexity index is 350. The van der Waals surface area contributed by atoms with Crippen molar-refractivity contribution in [2.75, 3.05) is 6.54 Å². The first kappa shape index (κ1) is 15.3. The van der Waals surface area contributed by atoms with Gasteiger partial charge in [-0.05, 0) is 38.5 Å². The first-order valence-electron chi connectivity index (χ1n) is 7.76. The predicted octanol–water partition coefficient (Wildman–Crippen LogP) is 1.54. The van der Waals surface area contributed by atoms with Gasteiger partial charge in [0.25, 0.3) is 0 Å². The van der Waals surface area contributed by atoms with E-state index in [9.17, 15) is 14.7 Å². The van der Waals surface area contributed by atoms with E-state index in [1.807, 2.05) is 0 Å². The quantitative estimate of drug-likeness (QED) is 0.730. The van der Waals surface area contributed by atoms with Crippen LogP contribution in [0.3, 0.4) is 0 Å². The average Bonchev–Trinajstić information content (AvgIpc) is 2.46. The number of carboxylic acids is 1. The van der Waals surface area contributed by atoms with Gasteiger partial charge in [-0.25, -0.2) is 0 Å². The number of amides is 1. The number of hydrogen-bond acceptors (Lipinski definition) is 3. The number of carboxylic acid groups (broad SMARTS) is 1. The molecule has 0 saturated heterocycles. The van der Waals surface area contributed by atoms with Crippen molar-refractivity contribution >= 4 is 11.9 Å². The molecule has 0 aliphatic heterocycles. The van der Waals surface area contributed by atoms with Gasteiger partial charge in [-0.3, -0.25) is 9.59 Å². The van der Waals surface area contributed by atoms with Crippen molar-refractivity contribution in [1.29, 1.82) is 0 Å². The Labute approximate surface area is 119 Å². The standard InChI is InChI=1S/C15H25NO4/c17-13-4-2-1-3-12(13)9-16-14(18)10-5-7-11(8-6-10)15(19)20/h10-13,17H,1-9H2,(H,16,18)(H,19,20). The highest BCUT2D eigenvalue weighted by Gasteiger charge is 2.30. The van der Waals surface area contributed by atoms with Crippen LogP contribution in [0.25, 0.3) is 0 Å². The third-order valence-electron chi connectivity index (χ3n) is 4.85. The summed E-state index contributed by atoms with van der Waals surface area (Å²) < 4.78 is 0. The Morgan fingerprint density at radius 2 is 1.55 bits per heavy atom. The minimum Gasteiger partial charge on any atom is -0.481 e. The maximum Gasteiger partial charge on any atom is 0.306 e. The van der Waals surface area contributed by atoms with Crippen LogP contribution in [0.4, 0.5) is 0 Å². The number of hydrogen-bond donors (Lipinski definition) is 3. The summed E-state index contributed by atoms with van der Waals surface area (Å²) in [6, 6.07) is 0. The van der Waals surface area contributed by atoms with Crippen LogP contribution in [0.2, 0.25) is 0 Å². The van der Waals surface area contributed by atoms with Crippen molar-refractivity contribution in [3.8, 4) is 0 Å². The van der Waals surface area contributed by atoms with E-state index in [0.29, 0.717) is 32.2 Å². The zero-order valence-electron chi connectivity index (χ0n) is 11.9. The molecule has 2 aliphatic carbocycles. The van der Waals surface area contributed by atoms with E-state index in [4.69, 9.17) is 5.11 Å². The maximum atomic E-state index is 12.1. The lowest BCUT2D eigenvalue weighted by Gasteiger charge is -2.29. The summed E-state index contributed by atoms with van der Waals surface area (Å²) in [5.41, 5.74) is 0. The van der Waals surface area contributed by atoms with Crippen molar-refractivity contribution in [1.82, 2.24) is 5.32 Å². The largest absolute Gasteiger partial charge is 0.481 e. The highest BCUT2D eigenvalue weighted by atomic mass is 16.4. The normalized spacial score (nSPS) is 34.5. The second-order valence-corrected chi connectivity index (χ2v) is 6.24. The minimum absolute atomic E-state index is 0.0339. The van der Waals surface area contributed by atoms with Crippen LogP contribution in [0.5, 0.6) is 0 Å². The zero-order valence-corrected chi connectivity index (χ0v) is 11.9. The van der Waals surface area contributed by atoms with Crippen molar-refractivity contribution in [2.24, 2.45) is 17.8 Å². The Balaban J connectivity index is 1.71. The number of carbonyl (C=O) groups excluding carboxylic acids is 1. The Hall–Kier alpha value is -1.10. The van der Waals surface area contributed by atoms with Gasteiger partial charge in [-0.2, -0.15) is 0 Å². The van der Waals surface area contributed by atoms with Crippen LogP contribution < -0.4 is 5.32 Å². The van der Waals surface area contributed by atoms with Crippen molar-refractivity contribution in [3.05, 3.63) is 0 Å². The lowest BCUT2D eigenvalue weighted by atomic mass is 9.81. The van der Waals surface area contributed by atoms with E-state index >= 15 is 0 Å². The summed E-state index contributed by atoms with van der Waals surface area (Å²) in [6.07, 6.45) is 6.25. The molecule has 0 radical (unpaired) electrons. The summed E-state index contributed by atoms with van der Waals surface area (Å²) in [5.74, 6) is -0.852. The first-order valence-corrected chi connectivity index (χ1v) is 7.76. The topological polar surface area (TPSA) is 86.6 Å². The SMILES string of the molecule is O=C(O)C1CCC(C(=O)NCC2CCCCC2O)CC1. The van der Waals surface area contributed by atoms with Gasteiger partial charge in [-0.1, -0.05) is 12.8 Å². The average molecular weight is 283 g/mol. The fourth-order valence-electron chi connectivity index (χ4n) is 3.40. The molecule has 0 spiro atoms. The molecule has 0 bridgehead atoms. The highest BCUT2D eigenvalue weighted by molar-refractivity contribution is 5.79. The molecular weight excluding hydrogens is 258 g/mol. The summed E-state index contributed by atoms with van der Waals surface area (Å²) in [5, 5.41) is 21.8. The monoisotopic (exact) mass is 283 g/mol. The number of aliphatic hydroxyl groups excluding tert-OH is 1. The number of aliphatic hydroxyl groups is 1. The first-order chi connectivity index (χ1) is 9.58. The fraction of sp³-hybridized carbons (Fsp3) is 0.867. The van der Waals surface area contributed by atoms with E-state index in [1.54, 1.807) is 0 Å². The fourth-order valence-corrected chi connectivity index (χ4v) is 3.40. The van der Waals surface area contributed by atoms with Gasteiger partial charge in [0.1, 0.15) is 0 Å². The molecule has 5 heteroatoms. The molecule has 5 nitrogen and oxygen atoms in total. The van der Waals surface area contributed by atoms with Gasteiger partial charge in [0.05, 0.1) is 12.0 Å². The van der Waals surface area contributed by atoms with Gasteiger partial charge in [0.15, 0.2) is 0 Å². The molecule has 0 aromatic rings. The van der Waals surface area contributed by atoms with Crippen LogP contribution in [-0.4, -0.2) is 34.7 Å². The summed E-state index contributed by atoms with van der Waals surface area (Å²) in [4.78, 5) is 23.0. The second kappa shape index (κ2) is 7.07. The summed E-state index contributed by atoms with van der Waals surface area (Å²) in [7, 11) is 0. The molecule has 0 heterocycles. The highest BCUT2D eigenvalue weighted by Crippen LogP contribution is 2.29. The zero-order chi connectivity index (χ0) is 14.5. The van der Waals surface area contributed by atoms with E-state index in [-0.39, 0.29) is 29.8 Å². The number of nitrogens with one attached hydrogen (secondary N) is 1. The number of rotatable bonds is 4. The Morgan fingerprint density at radius 1 is 0.950 bits per heavy atom. The Morgan fingerprint density at radius 3 is 2.15 bits per heavy atom. The molecule has 2 unspecified atom stereocenters. The van der Waals surface area contributed by atoms with Gasteiger partial charge >= 0.3 is 5.97 Å². The smallest absolute Gasteiger partial charge is 0.306 e. The molecule has 1 amide bonds. The minimum atomic E-state index is -0.741. The van der Waals surface area contributed by atoms with Gasteiger partial charge < -0.3 is 15.5 Å². The molecule has 20 heavy (non-hydrogen) atoms. The third kappa shape index (κ3) is 3.95. The van der Waals surface area contributed by atoms with E-state index in [0.717, 1.165) is 25.7 Å². The van der Waals surface area contributed by atoms with E-state index < -0.39 is 5.97 Å². The molecule has 2 fully saturated rings. The lowest BCUT2D eigenvalue weighted by Crippen LogP contribution is -2.40. The second-order valence-electron chi connectivity index (χ2n) is 6.24. The van der Waals surface area contributed by atoms with Gasteiger partial charge in [0, 0.05) is 18.4 Å². The molecule has 0 aromatic heterocycles. The molecule has 2 aliphatic rings. The molecular formula is C15H25NO4. The van der Waals surface area contributed by atoms with E-state index in [1.165, 1.54) is 0 Å². The van der Waals surface area contributed by atoms with Crippen LogP contribution in [0.1, 0.15) is 51.4 Å². The van der Waals surface area contributed by atoms with Crippen LogP contribution in [-0.2, 0) is 9.59 Å². The van der Waals surface area contributed by atoms with Crippen molar-refractivity contribution in [2.45, 2.75) is 57.5 Å². The molecule has 0 aromatic carbocycles. The summed E-state index contributed by atoms with van der Waals surface area (Å²) in [6.45, 7) is 0.554. The van der Waals surface area contributed by atoms with Crippen molar-refractivity contribution in [3.63, 3.8) is 0 Å². The van der Waals surface area contributed by atoms with Gasteiger partial charge in [-0.15, -0.1) is 0 Å². The number of aliphatic carboxylic acids is 1. The van der Waals surface area contributed by atoms with Crippen LogP contribution >= 0.6 is 0 Å². The van der Waals surface area contributed by atoms with Crippen molar-refractivity contribution < 1.29 is 19.8 Å². The summed E-state index contributed by atoms with van der Waals surface area (Å²) >= 11 is 0. The predicted molar refractivity (Wildman–Crippen MR) is 74.1 cm³/mol. The molecule has 2 atom stereocenters. The van der Waals surface area contributed by atoms with Crippen LogP contribution in [0.15, 0.2) is 0 Å². The molecule has 114 valence electrons. The lowest BCUT2D eigenvalue weighted by molar-refractivity contribution is -0.144. The van der Waals surface area contributed by atoms with Crippen LogP contribution in [0, 0.1) is 17.8 Å². The maximum absolute atomic E-state index is 12.1. The molecule has 3 N–H and O–H groups in total. The molecule has 2 saturated carbocycles. The Kier molecular flexibility index (Phi) is 5.40. The number of carbonyl (C=O) groups is 2. The van der Waals surface area contributed by atoms with Gasteiger partial charge in [0.2, 0.25) is 5.91 Å². The van der Waals surface area contributed by atoms with E-state index in [2.05, 4.69) is 5.32 Å². The third-order valence-corrected chi connectivity index (χ3v) is 4.85. The molecule has 2 rings (SSSR count).